The van der Waals surface area contributed by atoms with Crippen LogP contribution in [0.15, 0.2) is 0 Å². The molecule has 8 heteroatoms. The minimum atomic E-state index is -2.97. The molecule has 2 saturated carbocycles. The first-order valence-corrected chi connectivity index (χ1v) is 11.2. The topological polar surface area (TPSA) is 86.7 Å². The number of carbonyl (C=O) groups excluding carboxylic acids is 2. The van der Waals surface area contributed by atoms with E-state index in [1.54, 1.807) is 6.92 Å². The van der Waals surface area contributed by atoms with Gasteiger partial charge in [-0.2, -0.15) is 0 Å². The number of ether oxygens (including phenoxy) is 2. The second-order valence-electron chi connectivity index (χ2n) is 7.53. The molecule has 0 aromatic carbocycles. The van der Waals surface area contributed by atoms with Crippen LogP contribution >= 0.6 is 22.6 Å². The number of alkyl halides is 1. The van der Waals surface area contributed by atoms with Gasteiger partial charge in [0.05, 0.1) is 11.0 Å². The summed E-state index contributed by atoms with van der Waals surface area (Å²) in [6, 6.07) is 0. The molecule has 136 valence electrons. The number of esters is 2. The maximum Gasteiger partial charge on any atom is 0.344 e. The fraction of sp³-hybridized carbons (Fsp3) is 0.875. The van der Waals surface area contributed by atoms with E-state index in [0.29, 0.717) is 25.7 Å². The molecular formula is C16H23IO6S. The fourth-order valence-corrected chi connectivity index (χ4v) is 7.21. The molecule has 1 saturated heterocycles. The molecule has 3 aliphatic rings. The standard InChI is InChI=1S/C16H23IO6S/c1-3-15(2,17)14(19)22-9-13(18)23-11-8-16-4-5-24(20,21)12(16)6-10(11)7-16/h10-12H,3-9H2,1-2H3. The Labute approximate surface area is 156 Å². The van der Waals surface area contributed by atoms with Gasteiger partial charge in [-0.05, 0) is 50.4 Å². The summed E-state index contributed by atoms with van der Waals surface area (Å²) in [5, 5.41) is -0.243. The molecule has 2 aliphatic carbocycles. The Kier molecular flexibility index (Phi) is 4.68. The van der Waals surface area contributed by atoms with Gasteiger partial charge in [0.2, 0.25) is 0 Å². The molecular weight excluding hydrogens is 447 g/mol. The zero-order valence-corrected chi connectivity index (χ0v) is 16.9. The lowest BCUT2D eigenvalue weighted by molar-refractivity contribution is -0.165. The number of fused-ring (bicyclic) bond motifs is 1. The predicted octanol–water partition coefficient (Wildman–Crippen LogP) is 2.03. The van der Waals surface area contributed by atoms with Crippen molar-refractivity contribution in [2.24, 2.45) is 11.3 Å². The van der Waals surface area contributed by atoms with Gasteiger partial charge in [-0.15, -0.1) is 0 Å². The third kappa shape index (κ3) is 3.08. The van der Waals surface area contributed by atoms with Crippen LogP contribution in [0.5, 0.6) is 0 Å². The average molecular weight is 470 g/mol. The summed E-state index contributed by atoms with van der Waals surface area (Å²) < 4.78 is 34.1. The summed E-state index contributed by atoms with van der Waals surface area (Å²) in [4.78, 5) is 23.9. The summed E-state index contributed by atoms with van der Waals surface area (Å²) in [6.45, 7) is 3.26. The van der Waals surface area contributed by atoms with Gasteiger partial charge in [-0.25, -0.2) is 13.2 Å². The minimum absolute atomic E-state index is 0.121. The van der Waals surface area contributed by atoms with Crippen LogP contribution in [0.2, 0.25) is 0 Å². The van der Waals surface area contributed by atoms with Gasteiger partial charge in [-0.3, -0.25) is 4.79 Å². The van der Waals surface area contributed by atoms with Crippen LogP contribution in [-0.2, 0) is 28.9 Å². The van der Waals surface area contributed by atoms with E-state index in [4.69, 9.17) is 9.47 Å². The average Bonchev–Trinajstić information content (AvgIpc) is 3.13. The van der Waals surface area contributed by atoms with Crippen molar-refractivity contribution < 1.29 is 27.5 Å². The maximum absolute atomic E-state index is 12.1. The zero-order chi connectivity index (χ0) is 17.8. The lowest BCUT2D eigenvalue weighted by atomic mass is 9.81. The molecule has 0 amide bonds. The summed E-state index contributed by atoms with van der Waals surface area (Å²) >= 11 is 2.01. The molecule has 0 aromatic heterocycles. The summed E-state index contributed by atoms with van der Waals surface area (Å²) in [5.74, 6) is -0.585. The van der Waals surface area contributed by atoms with E-state index in [1.807, 2.05) is 29.5 Å². The van der Waals surface area contributed by atoms with Crippen LogP contribution < -0.4 is 0 Å². The zero-order valence-electron chi connectivity index (χ0n) is 13.9. The number of halogens is 1. The van der Waals surface area contributed by atoms with Gasteiger partial charge >= 0.3 is 11.9 Å². The van der Waals surface area contributed by atoms with Crippen molar-refractivity contribution >= 4 is 44.4 Å². The molecule has 6 nitrogen and oxygen atoms in total. The second kappa shape index (κ2) is 6.10. The van der Waals surface area contributed by atoms with Gasteiger partial charge in [0.15, 0.2) is 16.4 Å². The van der Waals surface area contributed by atoms with Crippen molar-refractivity contribution in [3.8, 4) is 0 Å². The molecule has 2 bridgehead atoms. The van der Waals surface area contributed by atoms with E-state index < -0.39 is 25.2 Å². The molecule has 1 spiro atoms. The predicted molar refractivity (Wildman–Crippen MR) is 95.5 cm³/mol. The summed E-state index contributed by atoms with van der Waals surface area (Å²) in [7, 11) is -2.97. The Hall–Kier alpha value is -0.380. The SMILES string of the molecule is CCC(C)(I)C(=O)OCC(=O)OC1CC23CCS(=O)(=O)C2CC1C3. The monoisotopic (exact) mass is 470 g/mol. The number of rotatable bonds is 5. The Morgan fingerprint density at radius 1 is 1.33 bits per heavy atom. The van der Waals surface area contributed by atoms with Gasteiger partial charge in [-0.1, -0.05) is 29.5 Å². The van der Waals surface area contributed by atoms with Crippen molar-refractivity contribution in [2.45, 2.75) is 60.7 Å². The highest BCUT2D eigenvalue weighted by atomic mass is 127. The van der Waals surface area contributed by atoms with Crippen molar-refractivity contribution in [1.29, 1.82) is 0 Å². The molecule has 1 heterocycles. The molecule has 1 aliphatic heterocycles. The van der Waals surface area contributed by atoms with Gasteiger partial charge in [0, 0.05) is 0 Å². The third-order valence-corrected chi connectivity index (χ3v) is 9.55. The Bertz CT molecular complexity index is 657. The largest absolute Gasteiger partial charge is 0.460 e. The highest BCUT2D eigenvalue weighted by molar-refractivity contribution is 14.1. The van der Waals surface area contributed by atoms with Gasteiger partial charge < -0.3 is 9.47 Å². The lowest BCUT2D eigenvalue weighted by Gasteiger charge is -2.30. The fourth-order valence-electron chi connectivity index (χ4n) is 4.47. The second-order valence-corrected chi connectivity index (χ2v) is 12.2. The van der Waals surface area contributed by atoms with Crippen molar-refractivity contribution in [2.75, 3.05) is 12.4 Å². The molecule has 0 radical (unpaired) electrons. The Morgan fingerprint density at radius 2 is 2.04 bits per heavy atom. The minimum Gasteiger partial charge on any atom is -0.460 e. The quantitative estimate of drug-likeness (QED) is 0.347. The van der Waals surface area contributed by atoms with Crippen LogP contribution in [-0.4, -0.2) is 47.5 Å². The highest BCUT2D eigenvalue weighted by Gasteiger charge is 2.64. The first-order chi connectivity index (χ1) is 11.1. The Balaban J connectivity index is 1.52. The number of sulfone groups is 1. The first kappa shape index (κ1) is 18.4. The van der Waals surface area contributed by atoms with Crippen LogP contribution in [0.4, 0.5) is 0 Å². The molecule has 3 fully saturated rings. The van der Waals surface area contributed by atoms with Gasteiger partial charge in [0.25, 0.3) is 0 Å². The number of hydrogen-bond acceptors (Lipinski definition) is 6. The maximum atomic E-state index is 12.1. The smallest absolute Gasteiger partial charge is 0.344 e. The summed E-state index contributed by atoms with van der Waals surface area (Å²) in [6.07, 6.45) is 3.12. The molecule has 5 atom stereocenters. The summed E-state index contributed by atoms with van der Waals surface area (Å²) in [5.41, 5.74) is -0.186. The Morgan fingerprint density at radius 3 is 2.71 bits per heavy atom. The van der Waals surface area contributed by atoms with Crippen molar-refractivity contribution in [3.05, 3.63) is 0 Å². The molecule has 3 rings (SSSR count). The van der Waals surface area contributed by atoms with Crippen LogP contribution in [0.1, 0.15) is 46.0 Å². The first-order valence-electron chi connectivity index (χ1n) is 8.37. The lowest BCUT2D eigenvalue weighted by Crippen LogP contribution is -2.37. The van der Waals surface area contributed by atoms with E-state index in [1.165, 1.54) is 0 Å². The van der Waals surface area contributed by atoms with E-state index >= 15 is 0 Å². The molecule has 24 heavy (non-hydrogen) atoms. The number of carbonyl (C=O) groups is 2. The highest BCUT2D eigenvalue weighted by Crippen LogP contribution is 2.62. The normalized spacial score (nSPS) is 38.4. The van der Waals surface area contributed by atoms with Crippen LogP contribution in [0.25, 0.3) is 0 Å². The third-order valence-electron chi connectivity index (χ3n) is 6.01. The van der Waals surface area contributed by atoms with E-state index in [2.05, 4.69) is 0 Å². The van der Waals surface area contributed by atoms with Gasteiger partial charge in [0.1, 0.15) is 9.53 Å². The molecule has 0 N–H and O–H groups in total. The van der Waals surface area contributed by atoms with Crippen LogP contribution in [0.3, 0.4) is 0 Å². The molecule has 0 aromatic rings. The van der Waals surface area contributed by atoms with E-state index in [0.717, 1.165) is 6.42 Å². The van der Waals surface area contributed by atoms with E-state index in [-0.39, 0.29) is 35.0 Å². The van der Waals surface area contributed by atoms with Crippen LogP contribution in [0, 0.1) is 11.3 Å². The molecule has 5 unspecified atom stereocenters. The van der Waals surface area contributed by atoms with Crippen molar-refractivity contribution in [1.82, 2.24) is 0 Å². The van der Waals surface area contributed by atoms with E-state index in [9.17, 15) is 18.0 Å². The van der Waals surface area contributed by atoms with Crippen molar-refractivity contribution in [3.63, 3.8) is 0 Å². The number of hydrogen-bond donors (Lipinski definition) is 0.